The summed E-state index contributed by atoms with van der Waals surface area (Å²) in [4.78, 5) is 75.4. The Labute approximate surface area is 269 Å². The molecule has 0 fully saturated rings. The van der Waals surface area contributed by atoms with E-state index in [0.29, 0.717) is 38.8 Å². The highest BCUT2D eigenvalue weighted by atomic mass is 16.4. The van der Waals surface area contributed by atoms with Gasteiger partial charge in [0.25, 0.3) is 0 Å². The minimum Gasteiger partial charge on any atom is -0.481 e. The molecule has 0 aliphatic heterocycles. The number of carboxylic acid groups (broad SMARTS) is 1. The fourth-order valence-corrected chi connectivity index (χ4v) is 4.74. The molecule has 0 saturated heterocycles. The molecule has 45 heavy (non-hydrogen) atoms. The van der Waals surface area contributed by atoms with Crippen molar-refractivity contribution in [3.63, 3.8) is 0 Å². The number of carbonyl (C=O) groups excluding carboxylic acids is 5. The average Bonchev–Trinajstić information content (AvgIpc) is 2.95. The first-order chi connectivity index (χ1) is 21.1. The Hall–Kier alpha value is -3.22. The van der Waals surface area contributed by atoms with Crippen LogP contribution in [0.15, 0.2) is 0 Å². The van der Waals surface area contributed by atoms with E-state index >= 15 is 0 Å². The summed E-state index contributed by atoms with van der Waals surface area (Å²) in [6.45, 7) is 17.7. The van der Waals surface area contributed by atoms with E-state index in [0.717, 1.165) is 0 Å². The molecule has 7 N–H and O–H groups in total. The number of hydrogen-bond acceptors (Lipinski definition) is 7. The van der Waals surface area contributed by atoms with Crippen molar-refractivity contribution < 1.29 is 33.9 Å². The molecule has 0 heterocycles. The van der Waals surface area contributed by atoms with Gasteiger partial charge >= 0.3 is 5.97 Å². The summed E-state index contributed by atoms with van der Waals surface area (Å²) in [5.41, 5.74) is 0. The van der Waals surface area contributed by atoms with Crippen molar-refractivity contribution in [3.05, 3.63) is 0 Å². The molecule has 0 aromatic carbocycles. The van der Waals surface area contributed by atoms with Gasteiger partial charge < -0.3 is 37.0 Å². The van der Waals surface area contributed by atoms with Crippen LogP contribution in [0.4, 0.5) is 0 Å². The van der Waals surface area contributed by atoms with Crippen molar-refractivity contribution in [2.24, 2.45) is 17.8 Å². The molecule has 0 bridgehead atoms. The molecule has 5 amide bonds. The predicted octanol–water partition coefficient (Wildman–Crippen LogP) is 1.84. The van der Waals surface area contributed by atoms with Gasteiger partial charge in [-0.05, 0) is 50.9 Å². The summed E-state index contributed by atoms with van der Waals surface area (Å²) in [7, 11) is 0. The lowest BCUT2D eigenvalue weighted by atomic mass is 9.97. The minimum absolute atomic E-state index is 0.0181. The SMILES string of the molecule is CCC[C@H](NC(=O)[C@@H](NC(=O)CCCC(=O)O)C(C)CC)C(=O)N[C@H](CNC(C)C(=O)N[C@H](C(=O)NCC)C(C)C)CC(C)C. The van der Waals surface area contributed by atoms with Crippen molar-refractivity contribution in [3.8, 4) is 0 Å². The van der Waals surface area contributed by atoms with Crippen LogP contribution in [0.1, 0.15) is 107 Å². The summed E-state index contributed by atoms with van der Waals surface area (Å²) < 4.78 is 0. The highest BCUT2D eigenvalue weighted by Crippen LogP contribution is 2.11. The van der Waals surface area contributed by atoms with Crippen LogP contribution in [0.3, 0.4) is 0 Å². The number of hydrogen-bond donors (Lipinski definition) is 7. The number of likely N-dealkylation sites (N-methyl/N-ethyl adjacent to an activating group) is 1. The van der Waals surface area contributed by atoms with Crippen molar-refractivity contribution >= 4 is 35.5 Å². The second-order valence-electron chi connectivity index (χ2n) is 12.6. The van der Waals surface area contributed by atoms with Crippen molar-refractivity contribution in [1.82, 2.24) is 31.9 Å². The van der Waals surface area contributed by atoms with Gasteiger partial charge in [-0.1, -0.05) is 61.3 Å². The van der Waals surface area contributed by atoms with E-state index in [2.05, 4.69) is 31.9 Å². The summed E-state index contributed by atoms with van der Waals surface area (Å²) in [5, 5.41) is 26.2. The first kappa shape index (κ1) is 41.8. The molecule has 0 aromatic heterocycles. The fraction of sp³-hybridized carbons (Fsp3) is 0.812. The van der Waals surface area contributed by atoms with Gasteiger partial charge in [-0.3, -0.25) is 28.8 Å². The third kappa shape index (κ3) is 17.2. The van der Waals surface area contributed by atoms with Gasteiger partial charge in [-0.15, -0.1) is 0 Å². The van der Waals surface area contributed by atoms with Gasteiger partial charge in [0.1, 0.15) is 18.1 Å². The molecule has 0 rings (SSSR count). The number of carboxylic acids is 1. The molecule has 260 valence electrons. The summed E-state index contributed by atoms with van der Waals surface area (Å²) in [5.74, 6) is -2.89. The number of amides is 5. The second kappa shape index (κ2) is 22.3. The molecule has 6 atom stereocenters. The molecule has 0 aliphatic rings. The quantitative estimate of drug-likeness (QED) is 0.0879. The maximum absolute atomic E-state index is 13.5. The van der Waals surface area contributed by atoms with Gasteiger partial charge in [0.15, 0.2) is 0 Å². The Kier molecular flexibility index (Phi) is 20.7. The maximum Gasteiger partial charge on any atom is 0.303 e. The van der Waals surface area contributed by atoms with Gasteiger partial charge in [-0.2, -0.15) is 0 Å². The highest BCUT2D eigenvalue weighted by Gasteiger charge is 2.31. The van der Waals surface area contributed by atoms with E-state index in [1.807, 2.05) is 55.4 Å². The molecule has 0 radical (unpaired) electrons. The van der Waals surface area contributed by atoms with Crippen LogP contribution in [-0.2, 0) is 28.8 Å². The topological polar surface area (TPSA) is 195 Å². The van der Waals surface area contributed by atoms with Crippen LogP contribution in [0.5, 0.6) is 0 Å². The standard InChI is InChI=1S/C32H60N6O7/c1-10-14-24(36-32(45)28(21(8)11-2)37-25(39)15-13-16-26(40)41)30(43)35-23(17-19(4)5)18-34-22(9)29(42)38-27(20(6)7)31(44)33-12-3/h19-24,27-28,34H,10-18H2,1-9H3,(H,33,44)(H,35,43)(H,36,45)(H,37,39)(H,38,42)(H,40,41)/t21?,22?,23-,24-,27-,28-/m0/s1. The van der Waals surface area contributed by atoms with Crippen LogP contribution in [-0.4, -0.2) is 83.9 Å². The molecule has 0 spiro atoms. The summed E-state index contributed by atoms with van der Waals surface area (Å²) in [6.07, 6.45) is 2.24. The number of rotatable bonds is 23. The lowest BCUT2D eigenvalue weighted by Gasteiger charge is -2.29. The Morgan fingerprint density at radius 3 is 1.87 bits per heavy atom. The van der Waals surface area contributed by atoms with Crippen molar-refractivity contribution in [2.75, 3.05) is 13.1 Å². The number of nitrogens with one attached hydrogen (secondary N) is 6. The average molecular weight is 641 g/mol. The van der Waals surface area contributed by atoms with Crippen LogP contribution in [0, 0.1) is 17.8 Å². The third-order valence-corrected chi connectivity index (χ3v) is 7.58. The van der Waals surface area contributed by atoms with Crippen LogP contribution in [0.2, 0.25) is 0 Å². The largest absolute Gasteiger partial charge is 0.481 e. The molecular weight excluding hydrogens is 580 g/mol. The summed E-state index contributed by atoms with van der Waals surface area (Å²) >= 11 is 0. The molecule has 0 aliphatic carbocycles. The molecule has 0 saturated carbocycles. The Balaban J connectivity index is 5.51. The summed E-state index contributed by atoms with van der Waals surface area (Å²) in [6, 6.07) is -3.35. The normalized spacial score (nSPS) is 15.3. The van der Waals surface area contributed by atoms with Crippen molar-refractivity contribution in [2.45, 2.75) is 137 Å². The smallest absolute Gasteiger partial charge is 0.303 e. The van der Waals surface area contributed by atoms with E-state index in [4.69, 9.17) is 5.11 Å². The Morgan fingerprint density at radius 2 is 1.36 bits per heavy atom. The van der Waals surface area contributed by atoms with Crippen LogP contribution in [0.25, 0.3) is 0 Å². The van der Waals surface area contributed by atoms with E-state index in [1.54, 1.807) is 6.92 Å². The Morgan fingerprint density at radius 1 is 0.711 bits per heavy atom. The molecular formula is C32H60N6O7. The lowest BCUT2D eigenvalue weighted by molar-refractivity contribution is -0.137. The number of carbonyl (C=O) groups is 6. The van der Waals surface area contributed by atoms with Gasteiger partial charge in [0.05, 0.1) is 6.04 Å². The predicted molar refractivity (Wildman–Crippen MR) is 174 cm³/mol. The zero-order valence-corrected chi connectivity index (χ0v) is 28.9. The van der Waals surface area contributed by atoms with E-state index in [1.165, 1.54) is 0 Å². The van der Waals surface area contributed by atoms with Crippen LogP contribution >= 0.6 is 0 Å². The van der Waals surface area contributed by atoms with Gasteiger partial charge in [-0.25, -0.2) is 0 Å². The fourth-order valence-electron chi connectivity index (χ4n) is 4.74. The molecule has 0 aromatic rings. The minimum atomic E-state index is -0.993. The molecule has 2 unspecified atom stereocenters. The first-order valence-corrected chi connectivity index (χ1v) is 16.5. The van der Waals surface area contributed by atoms with E-state index in [-0.39, 0.29) is 60.8 Å². The van der Waals surface area contributed by atoms with Gasteiger partial charge in [0, 0.05) is 32.0 Å². The van der Waals surface area contributed by atoms with E-state index in [9.17, 15) is 28.8 Å². The van der Waals surface area contributed by atoms with Crippen molar-refractivity contribution in [1.29, 1.82) is 0 Å². The zero-order valence-electron chi connectivity index (χ0n) is 28.9. The maximum atomic E-state index is 13.5. The highest BCUT2D eigenvalue weighted by molar-refractivity contribution is 5.92. The third-order valence-electron chi connectivity index (χ3n) is 7.58. The Bertz CT molecular complexity index is 958. The number of aliphatic carboxylic acids is 1. The van der Waals surface area contributed by atoms with Gasteiger partial charge in [0.2, 0.25) is 29.5 Å². The zero-order chi connectivity index (χ0) is 34.7. The molecule has 13 heteroatoms. The second-order valence-corrected chi connectivity index (χ2v) is 12.6. The monoisotopic (exact) mass is 640 g/mol. The first-order valence-electron chi connectivity index (χ1n) is 16.5. The van der Waals surface area contributed by atoms with E-state index < -0.39 is 42.0 Å². The van der Waals surface area contributed by atoms with Crippen LogP contribution < -0.4 is 31.9 Å². The lowest BCUT2D eigenvalue weighted by Crippen LogP contribution is -2.58. The molecule has 13 nitrogen and oxygen atoms in total.